The molecule has 0 radical (unpaired) electrons. The molecule has 0 fully saturated rings. The second kappa shape index (κ2) is 12.4. The first-order valence-corrected chi connectivity index (χ1v) is 16.5. The van der Waals surface area contributed by atoms with Gasteiger partial charge in [-0.05, 0) is 92.4 Å². The molecule has 0 saturated heterocycles. The Kier molecular flexibility index (Phi) is 8.00. The van der Waals surface area contributed by atoms with Crippen molar-refractivity contribution in [3.8, 4) is 11.5 Å². The lowest BCUT2D eigenvalue weighted by molar-refractivity contribution is 0.0224. The van der Waals surface area contributed by atoms with Gasteiger partial charge in [-0.2, -0.15) is 0 Å². The first kappa shape index (κ1) is 29.7. The Morgan fingerprint density at radius 1 is 0.717 bits per heavy atom. The van der Waals surface area contributed by atoms with Crippen molar-refractivity contribution in [2.24, 2.45) is 0 Å². The number of fused-ring (bicyclic) bond motifs is 6. The number of rotatable bonds is 10. The number of nitrogens with one attached hydrogen (secondary N) is 1. The van der Waals surface area contributed by atoms with Crippen LogP contribution in [-0.2, 0) is 16.8 Å². The molecule has 7 rings (SSSR count). The topological polar surface area (TPSA) is 50.8 Å². The minimum absolute atomic E-state index is 0.332. The van der Waals surface area contributed by atoms with E-state index < -0.39 is 5.60 Å². The maximum Gasteiger partial charge on any atom is 0.340 e. The molecule has 5 nitrogen and oxygen atoms in total. The molecule has 0 bridgehead atoms. The Labute approximate surface area is 271 Å². The molecule has 1 N–H and O–H groups in total. The van der Waals surface area contributed by atoms with Crippen LogP contribution in [0.2, 0.25) is 0 Å². The third-order valence-electron chi connectivity index (χ3n) is 9.29. The Bertz CT molecular complexity index is 1880. The summed E-state index contributed by atoms with van der Waals surface area (Å²) in [7, 11) is 0. The zero-order valence-electron chi connectivity index (χ0n) is 26.8. The fraction of sp³-hybridized carbons (Fsp3) is 0.244. The Morgan fingerprint density at radius 3 is 2.24 bits per heavy atom. The first-order chi connectivity index (χ1) is 22.5. The zero-order valence-corrected chi connectivity index (χ0v) is 26.8. The van der Waals surface area contributed by atoms with Crippen LogP contribution >= 0.6 is 0 Å². The third kappa shape index (κ3) is 5.20. The predicted molar refractivity (Wildman–Crippen MR) is 186 cm³/mol. The van der Waals surface area contributed by atoms with Gasteiger partial charge in [-0.3, -0.25) is 0 Å². The smallest absolute Gasteiger partial charge is 0.340 e. The van der Waals surface area contributed by atoms with Crippen LogP contribution in [0.3, 0.4) is 0 Å². The predicted octanol–water partition coefficient (Wildman–Crippen LogP) is 10.6. The van der Waals surface area contributed by atoms with E-state index >= 15 is 0 Å². The summed E-state index contributed by atoms with van der Waals surface area (Å²) in [6.45, 7) is 7.27. The highest BCUT2D eigenvalue weighted by Crippen LogP contribution is 2.57. The van der Waals surface area contributed by atoms with Gasteiger partial charge in [-0.15, -0.1) is 0 Å². The van der Waals surface area contributed by atoms with E-state index in [1.54, 1.807) is 0 Å². The van der Waals surface area contributed by atoms with Gasteiger partial charge >= 0.3 is 5.97 Å². The summed E-state index contributed by atoms with van der Waals surface area (Å²) in [4.78, 5) is 15.7. The van der Waals surface area contributed by atoms with E-state index in [0.717, 1.165) is 58.0 Å². The summed E-state index contributed by atoms with van der Waals surface area (Å²) in [6, 6.07) is 37.1. The number of carbonyl (C=O) groups excluding carboxylic acids is 1. The second-order valence-corrected chi connectivity index (χ2v) is 12.3. The Morgan fingerprint density at radius 2 is 1.46 bits per heavy atom. The number of anilines is 4. The van der Waals surface area contributed by atoms with Crippen LogP contribution in [0.1, 0.15) is 77.7 Å². The molecule has 0 aromatic heterocycles. The maximum absolute atomic E-state index is 13.4. The number of hydrogen-bond acceptors (Lipinski definition) is 5. The molecule has 2 aliphatic heterocycles. The highest BCUT2D eigenvalue weighted by molar-refractivity contribution is 5.97. The van der Waals surface area contributed by atoms with Crippen LogP contribution < -0.4 is 15.0 Å². The van der Waals surface area contributed by atoms with E-state index in [-0.39, 0.29) is 5.97 Å². The SMILES string of the molecule is CCCCCCc1ccc(N(CC)c2ccc3c(c2)Oc2cc(C)c(Nc4ccccc4)cc2C32OC(=O)c3ccccc32)cc1. The molecule has 46 heavy (non-hydrogen) atoms. The standard InChI is InChI=1S/C41H40N2O3/c1-4-6-7-9-14-29-19-21-31(22-20-29)43(5-2)32-23-24-35-39(26-32)45-38-25-28(3)37(42-30-15-10-8-11-16-30)27-36(38)41(35)34-18-13-12-17-33(34)40(44)46-41/h8,10-13,15-27,42H,4-7,9,14H2,1-3H3. The fourth-order valence-corrected chi connectivity index (χ4v) is 6.90. The van der Waals surface area contributed by atoms with Crippen molar-refractivity contribution >= 4 is 28.7 Å². The maximum atomic E-state index is 13.4. The molecule has 0 amide bonds. The lowest BCUT2D eigenvalue weighted by atomic mass is 9.77. The molecule has 2 heterocycles. The Balaban J connectivity index is 1.29. The van der Waals surface area contributed by atoms with Gasteiger partial charge in [0.15, 0.2) is 5.60 Å². The molecule has 2 aliphatic rings. The number of nitrogens with zero attached hydrogens (tertiary/aromatic N) is 1. The van der Waals surface area contributed by atoms with Crippen LogP contribution in [0.5, 0.6) is 11.5 Å². The summed E-state index contributed by atoms with van der Waals surface area (Å²) in [5.41, 5.74) is 8.36. The highest BCUT2D eigenvalue weighted by Gasteiger charge is 2.53. The number of carbonyl (C=O) groups is 1. The first-order valence-electron chi connectivity index (χ1n) is 16.5. The number of ether oxygens (including phenoxy) is 2. The van der Waals surface area contributed by atoms with Crippen molar-refractivity contribution in [1.82, 2.24) is 0 Å². The van der Waals surface area contributed by atoms with E-state index in [9.17, 15) is 4.79 Å². The van der Waals surface area contributed by atoms with Crippen molar-refractivity contribution in [1.29, 1.82) is 0 Å². The van der Waals surface area contributed by atoms with Crippen LogP contribution in [-0.4, -0.2) is 12.5 Å². The fourth-order valence-electron chi connectivity index (χ4n) is 6.90. The van der Waals surface area contributed by atoms with Crippen LogP contribution in [0, 0.1) is 6.92 Å². The highest BCUT2D eigenvalue weighted by atomic mass is 16.6. The minimum atomic E-state index is -1.13. The molecule has 0 saturated carbocycles. The van der Waals surface area contributed by atoms with Crippen LogP contribution in [0.25, 0.3) is 0 Å². The molecule has 1 spiro atoms. The van der Waals surface area contributed by atoms with Gasteiger partial charge in [0, 0.05) is 52.1 Å². The largest absolute Gasteiger partial charge is 0.456 e. The van der Waals surface area contributed by atoms with Crippen molar-refractivity contribution < 1.29 is 14.3 Å². The van der Waals surface area contributed by atoms with E-state index in [2.05, 4.69) is 79.5 Å². The second-order valence-electron chi connectivity index (χ2n) is 12.3. The molecule has 5 aromatic carbocycles. The molecule has 5 aromatic rings. The van der Waals surface area contributed by atoms with Gasteiger partial charge in [0.2, 0.25) is 0 Å². The van der Waals surface area contributed by atoms with Crippen LogP contribution in [0.4, 0.5) is 22.7 Å². The molecule has 0 aliphatic carbocycles. The van der Waals surface area contributed by atoms with Gasteiger partial charge in [0.1, 0.15) is 11.5 Å². The molecular formula is C41H40N2O3. The van der Waals surface area contributed by atoms with Crippen molar-refractivity contribution in [3.63, 3.8) is 0 Å². The number of aryl methyl sites for hydroxylation is 2. The molecule has 1 atom stereocenters. The van der Waals surface area contributed by atoms with E-state index in [1.807, 2.05) is 60.7 Å². The summed E-state index contributed by atoms with van der Waals surface area (Å²) < 4.78 is 13.2. The monoisotopic (exact) mass is 608 g/mol. The number of para-hydroxylation sites is 1. The quantitative estimate of drug-likeness (QED) is 0.126. The molecule has 232 valence electrons. The van der Waals surface area contributed by atoms with E-state index in [0.29, 0.717) is 17.1 Å². The molecule has 5 heteroatoms. The average Bonchev–Trinajstić information content (AvgIpc) is 3.37. The van der Waals surface area contributed by atoms with E-state index in [4.69, 9.17) is 9.47 Å². The minimum Gasteiger partial charge on any atom is -0.456 e. The number of unbranched alkanes of at least 4 members (excludes halogenated alkanes) is 3. The van der Waals surface area contributed by atoms with Gasteiger partial charge in [0.05, 0.1) is 5.56 Å². The van der Waals surface area contributed by atoms with Gasteiger partial charge in [-0.25, -0.2) is 4.79 Å². The lowest BCUT2D eigenvalue weighted by Crippen LogP contribution is -2.33. The third-order valence-corrected chi connectivity index (χ3v) is 9.29. The summed E-state index contributed by atoms with van der Waals surface area (Å²) >= 11 is 0. The van der Waals surface area contributed by atoms with Gasteiger partial charge in [-0.1, -0.05) is 74.7 Å². The molecular weight excluding hydrogens is 568 g/mol. The lowest BCUT2D eigenvalue weighted by Gasteiger charge is -2.38. The number of esters is 1. The van der Waals surface area contributed by atoms with Crippen molar-refractivity contribution in [3.05, 3.63) is 143 Å². The van der Waals surface area contributed by atoms with Gasteiger partial charge < -0.3 is 19.7 Å². The zero-order chi connectivity index (χ0) is 31.7. The number of hydrogen-bond donors (Lipinski definition) is 1. The molecule has 1 unspecified atom stereocenters. The summed E-state index contributed by atoms with van der Waals surface area (Å²) in [6.07, 6.45) is 6.17. The van der Waals surface area contributed by atoms with Crippen molar-refractivity contribution in [2.45, 2.75) is 58.5 Å². The Hall–Kier alpha value is -5.03. The van der Waals surface area contributed by atoms with Gasteiger partial charge in [0.25, 0.3) is 0 Å². The average molecular weight is 609 g/mol. The van der Waals surface area contributed by atoms with E-state index in [1.165, 1.54) is 31.2 Å². The van der Waals surface area contributed by atoms with Crippen LogP contribution in [0.15, 0.2) is 109 Å². The number of benzene rings is 5. The normalized spacial score (nSPS) is 15.8. The summed E-state index contributed by atoms with van der Waals surface area (Å²) in [5, 5.41) is 3.56. The van der Waals surface area contributed by atoms with Crippen molar-refractivity contribution in [2.75, 3.05) is 16.8 Å². The summed E-state index contributed by atoms with van der Waals surface area (Å²) in [5.74, 6) is 1.03.